The number of hydrogen-bond donors (Lipinski definition) is 0. The van der Waals surface area contributed by atoms with E-state index in [0.717, 1.165) is 0 Å². The van der Waals surface area contributed by atoms with Crippen LogP contribution in [0.4, 0.5) is 0 Å². The van der Waals surface area contributed by atoms with E-state index in [1.807, 2.05) is 26.0 Å². The maximum Gasteiger partial charge on any atom is 0.253 e. The van der Waals surface area contributed by atoms with Crippen molar-refractivity contribution in [2.45, 2.75) is 20.0 Å². The maximum absolute atomic E-state index is 12.0. The molecule has 4 heteroatoms. The standard InChI is InChI=1S/C13H18ClNO2/c1-10(2)17-12-6-4-5-11(9-12)13(16)15(3)8-7-14/h4-6,9-10H,7-8H2,1-3H3. The van der Waals surface area contributed by atoms with Gasteiger partial charge in [0.1, 0.15) is 5.75 Å². The zero-order valence-electron chi connectivity index (χ0n) is 10.4. The Labute approximate surface area is 107 Å². The molecule has 0 aliphatic carbocycles. The summed E-state index contributed by atoms with van der Waals surface area (Å²) in [5, 5.41) is 0. The lowest BCUT2D eigenvalue weighted by Crippen LogP contribution is -2.28. The van der Waals surface area contributed by atoms with Gasteiger partial charge in [-0.3, -0.25) is 4.79 Å². The van der Waals surface area contributed by atoms with E-state index >= 15 is 0 Å². The molecule has 0 aromatic heterocycles. The summed E-state index contributed by atoms with van der Waals surface area (Å²) in [5.74, 6) is 1.11. The number of rotatable bonds is 5. The predicted octanol–water partition coefficient (Wildman–Crippen LogP) is 2.78. The van der Waals surface area contributed by atoms with E-state index in [0.29, 0.717) is 23.7 Å². The number of nitrogens with zero attached hydrogens (tertiary/aromatic N) is 1. The number of amides is 1. The zero-order valence-corrected chi connectivity index (χ0v) is 11.2. The van der Waals surface area contributed by atoms with Gasteiger partial charge in [0.05, 0.1) is 6.10 Å². The molecule has 0 N–H and O–H groups in total. The number of benzene rings is 1. The van der Waals surface area contributed by atoms with Gasteiger partial charge in [-0.05, 0) is 32.0 Å². The lowest BCUT2D eigenvalue weighted by atomic mass is 10.2. The van der Waals surface area contributed by atoms with Crippen LogP contribution in [0.3, 0.4) is 0 Å². The molecule has 0 spiro atoms. The third kappa shape index (κ3) is 4.27. The van der Waals surface area contributed by atoms with Crippen molar-refractivity contribution >= 4 is 17.5 Å². The van der Waals surface area contributed by atoms with E-state index in [1.54, 1.807) is 24.1 Å². The van der Waals surface area contributed by atoms with Crippen molar-refractivity contribution in [1.82, 2.24) is 4.90 Å². The first-order valence-electron chi connectivity index (χ1n) is 5.62. The topological polar surface area (TPSA) is 29.5 Å². The minimum atomic E-state index is -0.0418. The lowest BCUT2D eigenvalue weighted by molar-refractivity contribution is 0.0802. The van der Waals surface area contributed by atoms with Crippen molar-refractivity contribution in [3.05, 3.63) is 29.8 Å². The quantitative estimate of drug-likeness (QED) is 0.758. The van der Waals surface area contributed by atoms with E-state index in [2.05, 4.69) is 0 Å². The van der Waals surface area contributed by atoms with Gasteiger partial charge in [0, 0.05) is 25.0 Å². The minimum Gasteiger partial charge on any atom is -0.491 e. The Morgan fingerprint density at radius 1 is 1.47 bits per heavy atom. The predicted molar refractivity (Wildman–Crippen MR) is 69.9 cm³/mol. The van der Waals surface area contributed by atoms with Crippen LogP contribution in [0.1, 0.15) is 24.2 Å². The molecule has 0 unspecified atom stereocenters. The van der Waals surface area contributed by atoms with E-state index in [-0.39, 0.29) is 12.0 Å². The number of alkyl halides is 1. The first kappa shape index (κ1) is 13.8. The van der Waals surface area contributed by atoms with E-state index in [9.17, 15) is 4.79 Å². The third-order valence-corrected chi connectivity index (χ3v) is 2.39. The lowest BCUT2D eigenvalue weighted by Gasteiger charge is -2.16. The SMILES string of the molecule is CC(C)Oc1cccc(C(=O)N(C)CCCl)c1. The smallest absolute Gasteiger partial charge is 0.253 e. The maximum atomic E-state index is 12.0. The summed E-state index contributed by atoms with van der Waals surface area (Å²) >= 11 is 5.61. The molecule has 0 fully saturated rings. The minimum absolute atomic E-state index is 0.0418. The summed E-state index contributed by atoms with van der Waals surface area (Å²) < 4.78 is 5.55. The first-order valence-corrected chi connectivity index (χ1v) is 6.16. The number of halogens is 1. The van der Waals surface area contributed by atoms with Gasteiger partial charge in [-0.2, -0.15) is 0 Å². The monoisotopic (exact) mass is 255 g/mol. The molecular formula is C13H18ClNO2. The number of hydrogen-bond acceptors (Lipinski definition) is 2. The van der Waals surface area contributed by atoms with Crippen molar-refractivity contribution in [3.63, 3.8) is 0 Å². The van der Waals surface area contributed by atoms with Crippen molar-refractivity contribution in [3.8, 4) is 5.75 Å². The van der Waals surface area contributed by atoms with Gasteiger partial charge < -0.3 is 9.64 Å². The highest BCUT2D eigenvalue weighted by Crippen LogP contribution is 2.16. The highest BCUT2D eigenvalue weighted by atomic mass is 35.5. The molecule has 0 aliphatic rings. The van der Waals surface area contributed by atoms with Crippen LogP contribution in [0, 0.1) is 0 Å². The first-order chi connectivity index (χ1) is 8.04. The average molecular weight is 256 g/mol. The third-order valence-electron chi connectivity index (χ3n) is 2.22. The molecule has 1 rings (SSSR count). The van der Waals surface area contributed by atoms with Crippen molar-refractivity contribution in [2.24, 2.45) is 0 Å². The average Bonchev–Trinajstić information content (AvgIpc) is 2.28. The molecule has 0 heterocycles. The number of carbonyl (C=O) groups is 1. The van der Waals surface area contributed by atoms with Gasteiger partial charge in [-0.1, -0.05) is 6.07 Å². The molecule has 17 heavy (non-hydrogen) atoms. The van der Waals surface area contributed by atoms with Crippen LogP contribution in [0.2, 0.25) is 0 Å². The fourth-order valence-electron chi connectivity index (χ4n) is 1.42. The Bertz CT molecular complexity index is 379. The molecule has 94 valence electrons. The van der Waals surface area contributed by atoms with Crippen LogP contribution in [-0.4, -0.2) is 36.4 Å². The molecule has 1 aromatic rings. The molecule has 0 saturated carbocycles. The molecule has 0 radical (unpaired) electrons. The summed E-state index contributed by atoms with van der Waals surface area (Å²) in [6.07, 6.45) is 0.0981. The van der Waals surface area contributed by atoms with Crippen LogP contribution in [0.15, 0.2) is 24.3 Å². The second-order valence-electron chi connectivity index (χ2n) is 4.11. The summed E-state index contributed by atoms with van der Waals surface area (Å²) in [7, 11) is 1.74. The summed E-state index contributed by atoms with van der Waals surface area (Å²) in [4.78, 5) is 13.6. The Morgan fingerprint density at radius 3 is 2.76 bits per heavy atom. The van der Waals surface area contributed by atoms with Gasteiger partial charge in [-0.25, -0.2) is 0 Å². The second-order valence-corrected chi connectivity index (χ2v) is 4.49. The van der Waals surface area contributed by atoms with E-state index < -0.39 is 0 Å². The van der Waals surface area contributed by atoms with Crippen molar-refractivity contribution < 1.29 is 9.53 Å². The van der Waals surface area contributed by atoms with Crippen LogP contribution in [0.25, 0.3) is 0 Å². The largest absolute Gasteiger partial charge is 0.491 e. The van der Waals surface area contributed by atoms with Gasteiger partial charge in [0.15, 0.2) is 0 Å². The Hall–Kier alpha value is -1.22. The molecule has 0 atom stereocenters. The van der Waals surface area contributed by atoms with Crippen LogP contribution >= 0.6 is 11.6 Å². The highest BCUT2D eigenvalue weighted by molar-refractivity contribution is 6.18. The molecule has 3 nitrogen and oxygen atoms in total. The van der Waals surface area contributed by atoms with Crippen LogP contribution in [0.5, 0.6) is 5.75 Å². The molecule has 0 saturated heterocycles. The van der Waals surface area contributed by atoms with E-state index in [4.69, 9.17) is 16.3 Å². The van der Waals surface area contributed by atoms with Gasteiger partial charge in [-0.15, -0.1) is 11.6 Å². The summed E-state index contributed by atoms with van der Waals surface area (Å²) in [6.45, 7) is 4.44. The van der Waals surface area contributed by atoms with Crippen molar-refractivity contribution in [2.75, 3.05) is 19.5 Å². The highest BCUT2D eigenvalue weighted by Gasteiger charge is 2.11. The summed E-state index contributed by atoms with van der Waals surface area (Å²) in [5.41, 5.74) is 0.621. The Kier molecular flexibility index (Phi) is 5.29. The van der Waals surface area contributed by atoms with Crippen LogP contribution < -0.4 is 4.74 Å². The van der Waals surface area contributed by atoms with E-state index in [1.165, 1.54) is 0 Å². The number of carbonyl (C=O) groups excluding carboxylic acids is 1. The Morgan fingerprint density at radius 2 is 2.18 bits per heavy atom. The molecular weight excluding hydrogens is 238 g/mol. The number of ether oxygens (including phenoxy) is 1. The molecule has 1 aromatic carbocycles. The van der Waals surface area contributed by atoms with Gasteiger partial charge in [0.2, 0.25) is 0 Å². The normalized spacial score (nSPS) is 10.4. The fourth-order valence-corrected chi connectivity index (χ4v) is 1.68. The molecule has 0 aliphatic heterocycles. The van der Waals surface area contributed by atoms with Crippen molar-refractivity contribution in [1.29, 1.82) is 0 Å². The molecule has 0 bridgehead atoms. The van der Waals surface area contributed by atoms with Crippen LogP contribution in [-0.2, 0) is 0 Å². The summed E-state index contributed by atoms with van der Waals surface area (Å²) in [6, 6.07) is 7.20. The fraction of sp³-hybridized carbons (Fsp3) is 0.462. The Balaban J connectivity index is 2.80. The van der Waals surface area contributed by atoms with Gasteiger partial charge >= 0.3 is 0 Å². The van der Waals surface area contributed by atoms with Gasteiger partial charge in [0.25, 0.3) is 5.91 Å². The molecule has 1 amide bonds. The second kappa shape index (κ2) is 6.50. The zero-order chi connectivity index (χ0) is 12.8.